The maximum Gasteiger partial charge on any atom is 0.194 e. The molecule has 27 heavy (non-hydrogen) atoms. The van der Waals surface area contributed by atoms with Crippen LogP contribution < -0.4 is 10.6 Å². The molecule has 2 fully saturated rings. The first kappa shape index (κ1) is 22.4. The van der Waals surface area contributed by atoms with Crippen LogP contribution in [0.2, 0.25) is 0 Å². The van der Waals surface area contributed by atoms with Gasteiger partial charge in [-0.3, -0.25) is 4.99 Å². The summed E-state index contributed by atoms with van der Waals surface area (Å²) in [6.07, 6.45) is 5.49. The van der Waals surface area contributed by atoms with Gasteiger partial charge in [0.15, 0.2) is 5.96 Å². The monoisotopic (exact) mass is 486 g/mol. The summed E-state index contributed by atoms with van der Waals surface area (Å²) in [5, 5.41) is 17.2. The van der Waals surface area contributed by atoms with E-state index >= 15 is 0 Å². The topological polar surface area (TPSA) is 59.9 Å². The fraction of sp³-hybridized carbons (Fsp3) is 0.667. The Hall–Kier alpha value is -0.860. The standard InChI is InChI=1S/C21H34N4O.HI/c1-3-22-20(25-14-11-19(26)15-25)23-16-21(12-7-8-13-21)24-17(2)18-9-5-4-6-10-18;/h4-6,9-10,17,19,24,26H,3,7-8,11-16H2,1-2H3,(H,22,23);1H/t17?,19-;/m1./s1. The van der Waals surface area contributed by atoms with Gasteiger partial charge in [-0.05, 0) is 38.7 Å². The molecule has 1 saturated carbocycles. The number of aliphatic imine (C=N–C) groups is 1. The molecule has 1 aliphatic heterocycles. The molecule has 1 aromatic carbocycles. The maximum absolute atomic E-state index is 9.86. The fourth-order valence-corrected chi connectivity index (χ4v) is 4.27. The van der Waals surface area contributed by atoms with Gasteiger partial charge in [-0.1, -0.05) is 43.2 Å². The van der Waals surface area contributed by atoms with Gasteiger partial charge in [0.2, 0.25) is 0 Å². The van der Waals surface area contributed by atoms with Crippen LogP contribution in [-0.2, 0) is 0 Å². The van der Waals surface area contributed by atoms with Crippen molar-refractivity contribution in [2.45, 2.75) is 63.6 Å². The van der Waals surface area contributed by atoms with Crippen LogP contribution in [-0.4, -0.2) is 53.8 Å². The minimum atomic E-state index is -0.226. The van der Waals surface area contributed by atoms with Gasteiger partial charge in [0.1, 0.15) is 0 Å². The number of hydrogen-bond acceptors (Lipinski definition) is 3. The van der Waals surface area contributed by atoms with Crippen molar-refractivity contribution in [3.63, 3.8) is 0 Å². The molecule has 1 heterocycles. The zero-order chi connectivity index (χ0) is 18.4. The molecule has 152 valence electrons. The number of aliphatic hydroxyl groups excluding tert-OH is 1. The van der Waals surface area contributed by atoms with Gasteiger partial charge in [0.25, 0.3) is 0 Å². The molecule has 6 heteroatoms. The summed E-state index contributed by atoms with van der Waals surface area (Å²) in [5.41, 5.74) is 1.41. The Balaban J connectivity index is 0.00000261. The van der Waals surface area contributed by atoms with Gasteiger partial charge >= 0.3 is 0 Å². The third-order valence-corrected chi connectivity index (χ3v) is 5.71. The number of nitrogens with one attached hydrogen (secondary N) is 2. The highest BCUT2D eigenvalue weighted by molar-refractivity contribution is 14.0. The Morgan fingerprint density at radius 2 is 2.00 bits per heavy atom. The van der Waals surface area contributed by atoms with E-state index in [-0.39, 0.29) is 35.6 Å². The van der Waals surface area contributed by atoms with E-state index in [1.165, 1.54) is 31.2 Å². The highest BCUT2D eigenvalue weighted by atomic mass is 127. The van der Waals surface area contributed by atoms with Crippen LogP contribution in [0.3, 0.4) is 0 Å². The fourth-order valence-electron chi connectivity index (χ4n) is 4.27. The summed E-state index contributed by atoms with van der Waals surface area (Å²) < 4.78 is 0. The van der Waals surface area contributed by atoms with Gasteiger partial charge in [-0.25, -0.2) is 0 Å². The molecule has 0 amide bonds. The molecule has 0 spiro atoms. The van der Waals surface area contributed by atoms with E-state index in [1.54, 1.807) is 0 Å². The van der Waals surface area contributed by atoms with Crippen LogP contribution in [0.5, 0.6) is 0 Å². The highest BCUT2D eigenvalue weighted by Crippen LogP contribution is 2.32. The summed E-state index contributed by atoms with van der Waals surface area (Å²) in [4.78, 5) is 7.18. The number of likely N-dealkylation sites (tertiary alicyclic amines) is 1. The number of halogens is 1. The average molecular weight is 486 g/mol. The van der Waals surface area contributed by atoms with E-state index in [2.05, 4.69) is 59.7 Å². The molecule has 2 aliphatic rings. The van der Waals surface area contributed by atoms with Crippen molar-refractivity contribution >= 4 is 29.9 Å². The quantitative estimate of drug-likeness (QED) is 0.328. The van der Waals surface area contributed by atoms with Crippen molar-refractivity contribution in [2.24, 2.45) is 4.99 Å². The highest BCUT2D eigenvalue weighted by Gasteiger charge is 2.35. The van der Waals surface area contributed by atoms with Crippen LogP contribution in [0.1, 0.15) is 57.6 Å². The minimum Gasteiger partial charge on any atom is -0.391 e. The molecule has 1 saturated heterocycles. The summed E-state index contributed by atoms with van der Waals surface area (Å²) >= 11 is 0. The van der Waals surface area contributed by atoms with Crippen LogP contribution in [0.25, 0.3) is 0 Å². The number of rotatable bonds is 6. The summed E-state index contributed by atoms with van der Waals surface area (Å²) in [6, 6.07) is 11.0. The molecule has 0 bridgehead atoms. The lowest BCUT2D eigenvalue weighted by atomic mass is 9.95. The maximum atomic E-state index is 9.86. The Bertz CT molecular complexity index is 589. The molecule has 3 rings (SSSR count). The Labute approximate surface area is 181 Å². The molecular weight excluding hydrogens is 451 g/mol. The molecular formula is C21H35IN4O. The molecule has 3 N–H and O–H groups in total. The predicted octanol–water partition coefficient (Wildman–Crippen LogP) is 3.30. The average Bonchev–Trinajstić information content (AvgIpc) is 3.29. The van der Waals surface area contributed by atoms with E-state index in [0.29, 0.717) is 12.6 Å². The molecule has 0 radical (unpaired) electrons. The molecule has 2 atom stereocenters. The normalized spacial score (nSPS) is 23.1. The van der Waals surface area contributed by atoms with Crippen molar-refractivity contribution in [3.8, 4) is 0 Å². The van der Waals surface area contributed by atoms with E-state index in [4.69, 9.17) is 4.99 Å². The number of aliphatic hydroxyl groups is 1. The van der Waals surface area contributed by atoms with Crippen LogP contribution in [0.4, 0.5) is 0 Å². The number of nitrogens with zero attached hydrogens (tertiary/aromatic N) is 2. The Kier molecular flexibility index (Phi) is 8.82. The number of benzene rings is 1. The predicted molar refractivity (Wildman–Crippen MR) is 123 cm³/mol. The van der Waals surface area contributed by atoms with Crippen molar-refractivity contribution in [1.29, 1.82) is 0 Å². The van der Waals surface area contributed by atoms with Gasteiger partial charge < -0.3 is 20.6 Å². The first-order chi connectivity index (χ1) is 12.6. The van der Waals surface area contributed by atoms with E-state index < -0.39 is 0 Å². The lowest BCUT2D eigenvalue weighted by Crippen LogP contribution is -2.48. The van der Waals surface area contributed by atoms with Gasteiger partial charge in [0, 0.05) is 31.2 Å². The third kappa shape index (κ3) is 6.06. The largest absolute Gasteiger partial charge is 0.391 e. The smallest absolute Gasteiger partial charge is 0.194 e. The SMILES string of the molecule is CCNC(=NCC1(NC(C)c2ccccc2)CCCC1)N1CC[C@@H](O)C1.I. The Morgan fingerprint density at radius 3 is 2.59 bits per heavy atom. The van der Waals surface area contributed by atoms with Crippen LogP contribution in [0, 0.1) is 0 Å². The van der Waals surface area contributed by atoms with Gasteiger partial charge in [0.05, 0.1) is 12.6 Å². The summed E-state index contributed by atoms with van der Waals surface area (Å²) in [6.45, 7) is 7.57. The molecule has 5 nitrogen and oxygen atoms in total. The second-order valence-corrected chi connectivity index (χ2v) is 7.82. The second kappa shape index (κ2) is 10.6. The Morgan fingerprint density at radius 1 is 1.30 bits per heavy atom. The van der Waals surface area contributed by atoms with Crippen molar-refractivity contribution in [3.05, 3.63) is 35.9 Å². The lowest BCUT2D eigenvalue weighted by Gasteiger charge is -2.33. The summed E-state index contributed by atoms with van der Waals surface area (Å²) in [5.74, 6) is 0.949. The number of β-amino-alcohol motifs (C(OH)–C–C–N with tert-alkyl or cyclic N) is 1. The molecule has 0 aromatic heterocycles. The number of hydrogen-bond donors (Lipinski definition) is 3. The molecule has 1 aromatic rings. The molecule has 1 aliphatic carbocycles. The lowest BCUT2D eigenvalue weighted by molar-refractivity contribution is 0.187. The van der Waals surface area contributed by atoms with Crippen molar-refractivity contribution in [2.75, 3.05) is 26.2 Å². The minimum absolute atomic E-state index is 0. The zero-order valence-electron chi connectivity index (χ0n) is 16.7. The van der Waals surface area contributed by atoms with E-state index in [1.807, 2.05) is 0 Å². The summed E-state index contributed by atoms with van der Waals surface area (Å²) in [7, 11) is 0. The number of guanidine groups is 1. The first-order valence-electron chi connectivity index (χ1n) is 10.2. The van der Waals surface area contributed by atoms with Crippen LogP contribution >= 0.6 is 24.0 Å². The molecule has 1 unspecified atom stereocenters. The van der Waals surface area contributed by atoms with Crippen LogP contribution in [0.15, 0.2) is 35.3 Å². The van der Waals surface area contributed by atoms with E-state index in [9.17, 15) is 5.11 Å². The zero-order valence-corrected chi connectivity index (χ0v) is 19.0. The van der Waals surface area contributed by atoms with Crippen molar-refractivity contribution < 1.29 is 5.11 Å². The van der Waals surface area contributed by atoms with E-state index in [0.717, 1.165) is 32.0 Å². The van der Waals surface area contributed by atoms with Crippen molar-refractivity contribution in [1.82, 2.24) is 15.5 Å². The first-order valence-corrected chi connectivity index (χ1v) is 10.2. The second-order valence-electron chi connectivity index (χ2n) is 7.82. The van der Waals surface area contributed by atoms with Gasteiger partial charge in [-0.2, -0.15) is 0 Å². The third-order valence-electron chi connectivity index (χ3n) is 5.71. The van der Waals surface area contributed by atoms with Gasteiger partial charge in [-0.15, -0.1) is 24.0 Å².